The van der Waals surface area contributed by atoms with E-state index in [-0.39, 0.29) is 17.5 Å². The van der Waals surface area contributed by atoms with Crippen molar-refractivity contribution in [1.29, 1.82) is 0 Å². The summed E-state index contributed by atoms with van der Waals surface area (Å²) in [5.74, 6) is 0.162. The van der Waals surface area contributed by atoms with Gasteiger partial charge in [0.1, 0.15) is 5.56 Å². The molecule has 1 saturated heterocycles. The van der Waals surface area contributed by atoms with E-state index in [0.717, 1.165) is 17.4 Å². The highest BCUT2D eigenvalue weighted by Crippen LogP contribution is 2.22. The van der Waals surface area contributed by atoms with Crippen molar-refractivity contribution in [3.05, 3.63) is 32.6 Å². The molecule has 7 heteroatoms. The van der Waals surface area contributed by atoms with Crippen LogP contribution >= 0.6 is 0 Å². The van der Waals surface area contributed by atoms with Gasteiger partial charge in [0.15, 0.2) is 0 Å². The van der Waals surface area contributed by atoms with Gasteiger partial charge in [0.25, 0.3) is 11.5 Å². The van der Waals surface area contributed by atoms with Crippen LogP contribution in [-0.4, -0.2) is 39.5 Å². The second-order valence-electron chi connectivity index (χ2n) is 5.39. The van der Waals surface area contributed by atoms with Crippen LogP contribution in [0.5, 0.6) is 0 Å². The number of carbonyl (C=O) groups excluding carboxylic acids is 1. The molecule has 0 aliphatic carbocycles. The molecule has 0 spiro atoms. The summed E-state index contributed by atoms with van der Waals surface area (Å²) in [5.41, 5.74) is 4.61. The summed E-state index contributed by atoms with van der Waals surface area (Å²) >= 11 is 0. The lowest BCUT2D eigenvalue weighted by Crippen LogP contribution is -2.51. The van der Waals surface area contributed by atoms with Gasteiger partial charge in [-0.3, -0.25) is 14.2 Å². The van der Waals surface area contributed by atoms with Crippen LogP contribution in [0.15, 0.2) is 15.8 Å². The van der Waals surface area contributed by atoms with Crippen LogP contribution in [0.1, 0.15) is 30.1 Å². The number of nitrogens with zero attached hydrogens (tertiary/aromatic N) is 2. The molecule has 1 aromatic heterocycles. The van der Waals surface area contributed by atoms with Crippen LogP contribution in [0, 0.1) is 5.92 Å². The third kappa shape index (κ3) is 2.53. The highest BCUT2D eigenvalue weighted by atomic mass is 16.2. The topological polar surface area (TPSA) is 101 Å². The maximum absolute atomic E-state index is 12.5. The Kier molecular flexibility index (Phi) is 4.08. The van der Waals surface area contributed by atoms with Crippen LogP contribution in [0.4, 0.5) is 0 Å². The average molecular weight is 280 g/mol. The van der Waals surface area contributed by atoms with Crippen LogP contribution in [-0.2, 0) is 7.05 Å². The first kappa shape index (κ1) is 14.5. The zero-order chi connectivity index (χ0) is 14.9. The molecule has 2 unspecified atom stereocenters. The van der Waals surface area contributed by atoms with Gasteiger partial charge in [0.05, 0.1) is 0 Å². The standard InChI is InChI=1S/C13H20N4O3/c1-8-3-4-17(9(5-8)6-14)12(19)10-7-15-13(20)16(2)11(10)18/h7-9H,3-6,14H2,1-2H3,(H,15,20). The largest absolute Gasteiger partial charge is 0.334 e. The summed E-state index contributed by atoms with van der Waals surface area (Å²) in [7, 11) is 1.34. The Morgan fingerprint density at radius 3 is 2.85 bits per heavy atom. The number of amides is 1. The van der Waals surface area contributed by atoms with E-state index in [4.69, 9.17) is 5.73 Å². The number of aromatic nitrogens is 2. The molecule has 1 aliphatic heterocycles. The predicted octanol–water partition coefficient (Wildman–Crippen LogP) is -0.727. The van der Waals surface area contributed by atoms with Crippen molar-refractivity contribution >= 4 is 5.91 Å². The van der Waals surface area contributed by atoms with Gasteiger partial charge in [-0.15, -0.1) is 0 Å². The number of likely N-dealkylation sites (tertiary alicyclic amines) is 1. The minimum absolute atomic E-state index is 0.0138. The predicted molar refractivity (Wildman–Crippen MR) is 74.6 cm³/mol. The van der Waals surface area contributed by atoms with Crippen molar-refractivity contribution in [3.8, 4) is 0 Å². The smallest absolute Gasteiger partial charge is 0.328 e. The van der Waals surface area contributed by atoms with Gasteiger partial charge in [-0.2, -0.15) is 0 Å². The molecule has 0 radical (unpaired) electrons. The summed E-state index contributed by atoms with van der Waals surface area (Å²) in [6, 6.07) is -0.0529. The minimum atomic E-state index is -0.576. The molecule has 0 saturated carbocycles. The number of hydrogen-bond donors (Lipinski definition) is 2. The van der Waals surface area contributed by atoms with Gasteiger partial charge >= 0.3 is 5.69 Å². The fourth-order valence-electron chi connectivity index (χ4n) is 2.62. The molecule has 1 aliphatic rings. The lowest BCUT2D eigenvalue weighted by molar-refractivity contribution is 0.0570. The molecule has 1 aromatic rings. The van der Waals surface area contributed by atoms with E-state index in [1.165, 1.54) is 13.2 Å². The van der Waals surface area contributed by atoms with Gasteiger partial charge < -0.3 is 15.6 Å². The van der Waals surface area contributed by atoms with E-state index in [0.29, 0.717) is 19.0 Å². The molecule has 0 bridgehead atoms. The van der Waals surface area contributed by atoms with E-state index in [1.807, 2.05) is 0 Å². The van der Waals surface area contributed by atoms with Crippen molar-refractivity contribution < 1.29 is 4.79 Å². The van der Waals surface area contributed by atoms with Gasteiger partial charge in [0.2, 0.25) is 0 Å². The normalized spacial score (nSPS) is 22.9. The van der Waals surface area contributed by atoms with Crippen LogP contribution < -0.4 is 17.0 Å². The molecule has 20 heavy (non-hydrogen) atoms. The third-order valence-electron chi connectivity index (χ3n) is 3.92. The van der Waals surface area contributed by atoms with Crippen molar-refractivity contribution in [3.63, 3.8) is 0 Å². The number of piperidine rings is 1. The molecule has 1 fully saturated rings. The highest BCUT2D eigenvalue weighted by molar-refractivity contribution is 5.93. The first-order valence-corrected chi connectivity index (χ1v) is 6.75. The number of rotatable bonds is 2. The minimum Gasteiger partial charge on any atom is -0.334 e. The van der Waals surface area contributed by atoms with Gasteiger partial charge in [0, 0.05) is 32.4 Å². The van der Waals surface area contributed by atoms with E-state index in [2.05, 4.69) is 11.9 Å². The van der Waals surface area contributed by atoms with Gasteiger partial charge in [-0.25, -0.2) is 4.79 Å². The summed E-state index contributed by atoms with van der Waals surface area (Å²) in [5, 5.41) is 0. The molecular weight excluding hydrogens is 260 g/mol. The molecule has 0 aromatic carbocycles. The maximum Gasteiger partial charge on any atom is 0.328 e. The number of aromatic amines is 1. The van der Waals surface area contributed by atoms with E-state index in [9.17, 15) is 14.4 Å². The summed E-state index contributed by atoms with van der Waals surface area (Å²) in [6.45, 7) is 3.09. The average Bonchev–Trinajstić information content (AvgIpc) is 2.44. The number of hydrogen-bond acceptors (Lipinski definition) is 4. The van der Waals surface area contributed by atoms with Crippen LogP contribution in [0.3, 0.4) is 0 Å². The number of carbonyl (C=O) groups is 1. The lowest BCUT2D eigenvalue weighted by atomic mass is 9.92. The first-order valence-electron chi connectivity index (χ1n) is 6.75. The van der Waals surface area contributed by atoms with Crippen LogP contribution in [0.2, 0.25) is 0 Å². The zero-order valence-corrected chi connectivity index (χ0v) is 11.8. The summed E-state index contributed by atoms with van der Waals surface area (Å²) < 4.78 is 0.900. The monoisotopic (exact) mass is 280 g/mol. The summed E-state index contributed by atoms with van der Waals surface area (Å²) in [4.78, 5) is 39.9. The highest BCUT2D eigenvalue weighted by Gasteiger charge is 2.31. The quantitative estimate of drug-likeness (QED) is 0.746. The Balaban J connectivity index is 2.34. The molecule has 1 amide bonds. The Hall–Kier alpha value is -1.89. The lowest BCUT2D eigenvalue weighted by Gasteiger charge is -2.37. The molecule has 2 rings (SSSR count). The molecule has 3 N–H and O–H groups in total. The zero-order valence-electron chi connectivity index (χ0n) is 11.8. The van der Waals surface area contributed by atoms with Crippen LogP contribution in [0.25, 0.3) is 0 Å². The Morgan fingerprint density at radius 1 is 1.50 bits per heavy atom. The number of H-pyrrole nitrogens is 1. The molecule has 2 heterocycles. The third-order valence-corrected chi connectivity index (χ3v) is 3.92. The Labute approximate surface area is 116 Å². The number of nitrogens with one attached hydrogen (secondary N) is 1. The van der Waals surface area contributed by atoms with Gasteiger partial charge in [-0.05, 0) is 18.8 Å². The molecular formula is C13H20N4O3. The first-order chi connectivity index (χ1) is 9.45. The van der Waals surface area contributed by atoms with Crippen molar-refractivity contribution in [1.82, 2.24) is 14.5 Å². The second-order valence-corrected chi connectivity index (χ2v) is 5.39. The SMILES string of the molecule is CC1CCN(C(=O)c2c[nH]c(=O)n(C)c2=O)C(CN)C1. The Morgan fingerprint density at radius 2 is 2.20 bits per heavy atom. The summed E-state index contributed by atoms with van der Waals surface area (Å²) in [6.07, 6.45) is 2.93. The van der Waals surface area contributed by atoms with Gasteiger partial charge in [-0.1, -0.05) is 6.92 Å². The molecule has 7 nitrogen and oxygen atoms in total. The van der Waals surface area contributed by atoms with Crippen molar-refractivity contribution in [2.75, 3.05) is 13.1 Å². The molecule has 2 atom stereocenters. The Bertz CT molecular complexity index is 619. The van der Waals surface area contributed by atoms with Crippen molar-refractivity contribution in [2.45, 2.75) is 25.8 Å². The molecule has 110 valence electrons. The van der Waals surface area contributed by atoms with E-state index < -0.39 is 11.2 Å². The number of nitrogens with two attached hydrogens (primary N) is 1. The van der Waals surface area contributed by atoms with E-state index >= 15 is 0 Å². The fourth-order valence-corrected chi connectivity index (χ4v) is 2.62. The van der Waals surface area contributed by atoms with Crippen molar-refractivity contribution in [2.24, 2.45) is 18.7 Å². The maximum atomic E-state index is 12.5. The van der Waals surface area contributed by atoms with E-state index in [1.54, 1.807) is 4.90 Å². The fraction of sp³-hybridized carbons (Fsp3) is 0.615. The second kappa shape index (κ2) is 5.62.